The van der Waals surface area contributed by atoms with Crippen molar-refractivity contribution in [2.24, 2.45) is 12.8 Å². The second-order valence-electron chi connectivity index (χ2n) is 3.05. The molecule has 0 aliphatic rings. The van der Waals surface area contributed by atoms with Gasteiger partial charge in [0.1, 0.15) is 0 Å². The Balaban J connectivity index is 3.07. The number of nitrogens with two attached hydrogens (primary N) is 1. The fraction of sp³-hybridized carbons (Fsp3) is 0.625. The van der Waals surface area contributed by atoms with Crippen LogP contribution >= 0.6 is 0 Å². The van der Waals surface area contributed by atoms with Gasteiger partial charge in [0, 0.05) is 19.3 Å². The van der Waals surface area contributed by atoms with Crippen LogP contribution in [0.2, 0.25) is 0 Å². The third kappa shape index (κ3) is 1.43. The van der Waals surface area contributed by atoms with Crippen LogP contribution in [0.1, 0.15) is 31.2 Å². The lowest BCUT2D eigenvalue weighted by Crippen LogP contribution is -2.05. The molecule has 2 N–H and O–H groups in total. The summed E-state index contributed by atoms with van der Waals surface area (Å²) in [6.07, 6.45) is 1.82. The fourth-order valence-corrected chi connectivity index (χ4v) is 1.39. The lowest BCUT2D eigenvalue weighted by Gasteiger charge is -2.07. The molecule has 0 spiro atoms. The SMILES string of the molecule is CC(C)c1c(CN)ncn1C. The van der Waals surface area contributed by atoms with E-state index < -0.39 is 0 Å². The van der Waals surface area contributed by atoms with E-state index in [4.69, 9.17) is 5.73 Å². The highest BCUT2D eigenvalue weighted by Gasteiger charge is 2.09. The number of hydrogen-bond acceptors (Lipinski definition) is 2. The van der Waals surface area contributed by atoms with Crippen LogP contribution in [0.3, 0.4) is 0 Å². The van der Waals surface area contributed by atoms with E-state index in [-0.39, 0.29) is 0 Å². The summed E-state index contributed by atoms with van der Waals surface area (Å²) in [5, 5.41) is 0. The molecule has 11 heavy (non-hydrogen) atoms. The predicted octanol–water partition coefficient (Wildman–Crippen LogP) is 1.00. The third-order valence-corrected chi connectivity index (χ3v) is 1.80. The molecule has 0 saturated carbocycles. The average Bonchev–Trinajstić information content (AvgIpc) is 2.30. The maximum Gasteiger partial charge on any atom is 0.0949 e. The summed E-state index contributed by atoms with van der Waals surface area (Å²) >= 11 is 0. The highest BCUT2D eigenvalue weighted by Crippen LogP contribution is 2.16. The van der Waals surface area contributed by atoms with Crippen molar-refractivity contribution in [3.05, 3.63) is 17.7 Å². The van der Waals surface area contributed by atoms with Crippen molar-refractivity contribution in [2.45, 2.75) is 26.3 Å². The van der Waals surface area contributed by atoms with Gasteiger partial charge in [0.25, 0.3) is 0 Å². The maximum atomic E-state index is 5.53. The summed E-state index contributed by atoms with van der Waals surface area (Å²) in [6, 6.07) is 0. The summed E-state index contributed by atoms with van der Waals surface area (Å²) in [5.74, 6) is 0.501. The molecule has 0 unspecified atom stereocenters. The van der Waals surface area contributed by atoms with Crippen LogP contribution in [0.25, 0.3) is 0 Å². The van der Waals surface area contributed by atoms with Gasteiger partial charge >= 0.3 is 0 Å². The Kier molecular flexibility index (Phi) is 2.29. The molecule has 0 aliphatic heterocycles. The zero-order valence-electron chi connectivity index (χ0n) is 7.33. The number of nitrogens with zero attached hydrogens (tertiary/aromatic N) is 2. The summed E-state index contributed by atoms with van der Waals surface area (Å²) in [6.45, 7) is 4.83. The smallest absolute Gasteiger partial charge is 0.0949 e. The van der Waals surface area contributed by atoms with Crippen molar-refractivity contribution < 1.29 is 0 Å². The zero-order valence-corrected chi connectivity index (χ0v) is 7.33. The van der Waals surface area contributed by atoms with Crippen molar-refractivity contribution in [1.29, 1.82) is 0 Å². The van der Waals surface area contributed by atoms with Gasteiger partial charge in [-0.3, -0.25) is 0 Å². The van der Waals surface area contributed by atoms with Gasteiger partial charge in [-0.05, 0) is 5.92 Å². The molecular weight excluding hydrogens is 138 g/mol. The van der Waals surface area contributed by atoms with Crippen LogP contribution in [-0.2, 0) is 13.6 Å². The molecule has 1 rings (SSSR count). The number of hydrogen-bond donors (Lipinski definition) is 1. The average molecular weight is 153 g/mol. The summed E-state index contributed by atoms with van der Waals surface area (Å²) in [7, 11) is 2.00. The van der Waals surface area contributed by atoms with E-state index in [2.05, 4.69) is 18.8 Å². The molecule has 3 nitrogen and oxygen atoms in total. The molecule has 1 aromatic rings. The number of rotatable bonds is 2. The van der Waals surface area contributed by atoms with Crippen LogP contribution in [0.15, 0.2) is 6.33 Å². The first-order chi connectivity index (χ1) is 5.16. The Morgan fingerprint density at radius 1 is 1.64 bits per heavy atom. The van der Waals surface area contributed by atoms with Crippen LogP contribution < -0.4 is 5.73 Å². The van der Waals surface area contributed by atoms with Gasteiger partial charge in [0.15, 0.2) is 0 Å². The molecular formula is C8H15N3. The first-order valence-electron chi connectivity index (χ1n) is 3.87. The van der Waals surface area contributed by atoms with Crippen molar-refractivity contribution in [3.8, 4) is 0 Å². The van der Waals surface area contributed by atoms with Gasteiger partial charge < -0.3 is 10.3 Å². The Hall–Kier alpha value is -0.830. The topological polar surface area (TPSA) is 43.8 Å². The molecule has 0 aromatic carbocycles. The molecule has 0 saturated heterocycles. The van der Waals surface area contributed by atoms with Crippen LogP contribution in [-0.4, -0.2) is 9.55 Å². The van der Waals surface area contributed by atoms with Crippen molar-refractivity contribution in [3.63, 3.8) is 0 Å². The largest absolute Gasteiger partial charge is 0.337 e. The Morgan fingerprint density at radius 3 is 2.64 bits per heavy atom. The molecule has 0 radical (unpaired) electrons. The first kappa shape index (κ1) is 8.27. The normalized spacial score (nSPS) is 11.0. The highest BCUT2D eigenvalue weighted by atomic mass is 15.0. The lowest BCUT2D eigenvalue weighted by atomic mass is 10.1. The molecule has 0 fully saturated rings. The molecule has 3 heteroatoms. The quantitative estimate of drug-likeness (QED) is 0.689. The van der Waals surface area contributed by atoms with Gasteiger partial charge in [-0.2, -0.15) is 0 Å². The van der Waals surface area contributed by atoms with Crippen LogP contribution in [0.4, 0.5) is 0 Å². The van der Waals surface area contributed by atoms with Crippen molar-refractivity contribution in [2.75, 3.05) is 0 Å². The fourth-order valence-electron chi connectivity index (χ4n) is 1.39. The number of aryl methyl sites for hydroxylation is 1. The van der Waals surface area contributed by atoms with Gasteiger partial charge in [-0.1, -0.05) is 13.8 Å². The summed E-state index contributed by atoms with van der Waals surface area (Å²) in [5.41, 5.74) is 7.79. The van der Waals surface area contributed by atoms with Gasteiger partial charge in [-0.25, -0.2) is 4.98 Å². The molecule has 0 bridgehead atoms. The first-order valence-corrected chi connectivity index (χ1v) is 3.87. The van der Waals surface area contributed by atoms with Crippen molar-refractivity contribution in [1.82, 2.24) is 9.55 Å². The van der Waals surface area contributed by atoms with Gasteiger partial charge in [-0.15, -0.1) is 0 Å². The Bertz CT molecular complexity index is 237. The Labute approximate surface area is 67.2 Å². The van der Waals surface area contributed by atoms with E-state index >= 15 is 0 Å². The van der Waals surface area contributed by atoms with E-state index in [0.29, 0.717) is 12.5 Å². The molecule has 0 amide bonds. The van der Waals surface area contributed by atoms with E-state index in [0.717, 1.165) is 5.69 Å². The van der Waals surface area contributed by atoms with Gasteiger partial charge in [0.05, 0.1) is 12.0 Å². The third-order valence-electron chi connectivity index (χ3n) is 1.80. The highest BCUT2D eigenvalue weighted by molar-refractivity contribution is 5.16. The van der Waals surface area contributed by atoms with Crippen LogP contribution in [0, 0.1) is 0 Å². The molecule has 1 aromatic heterocycles. The van der Waals surface area contributed by atoms with E-state index in [1.165, 1.54) is 5.69 Å². The Morgan fingerprint density at radius 2 is 2.27 bits per heavy atom. The second kappa shape index (κ2) is 3.05. The summed E-state index contributed by atoms with van der Waals surface area (Å²) < 4.78 is 2.03. The van der Waals surface area contributed by atoms with Crippen LogP contribution in [0.5, 0.6) is 0 Å². The molecule has 0 atom stereocenters. The number of imidazole rings is 1. The summed E-state index contributed by atoms with van der Waals surface area (Å²) in [4.78, 5) is 4.19. The standard InChI is InChI=1S/C8H15N3/c1-6(2)8-7(4-9)10-5-11(8)3/h5-6H,4,9H2,1-3H3. The monoisotopic (exact) mass is 153 g/mol. The van der Waals surface area contributed by atoms with E-state index in [1.807, 2.05) is 17.9 Å². The lowest BCUT2D eigenvalue weighted by molar-refractivity contribution is 0.727. The molecule has 62 valence electrons. The van der Waals surface area contributed by atoms with Crippen molar-refractivity contribution >= 4 is 0 Å². The zero-order chi connectivity index (χ0) is 8.43. The minimum Gasteiger partial charge on any atom is -0.337 e. The maximum absolute atomic E-state index is 5.53. The minimum absolute atomic E-state index is 0.501. The van der Waals surface area contributed by atoms with Gasteiger partial charge in [0.2, 0.25) is 0 Å². The van der Waals surface area contributed by atoms with E-state index in [9.17, 15) is 0 Å². The molecule has 0 aliphatic carbocycles. The number of aromatic nitrogens is 2. The molecule has 1 heterocycles. The second-order valence-corrected chi connectivity index (χ2v) is 3.05. The van der Waals surface area contributed by atoms with E-state index in [1.54, 1.807) is 0 Å². The predicted molar refractivity (Wildman–Crippen MR) is 45.2 cm³/mol. The minimum atomic E-state index is 0.501.